The summed E-state index contributed by atoms with van der Waals surface area (Å²) in [5.41, 5.74) is 6.34. The van der Waals surface area contributed by atoms with Gasteiger partial charge in [-0.15, -0.1) is 0 Å². The Labute approximate surface area is 93.6 Å². The standard InChI is InChI=1S/C12H25N3/c1-3-11(2)15-8-6-14(7-9-15)10-12(13)4-5-12/h11H,3-10,13H2,1-2H3. The normalized spacial score (nSPS) is 29.0. The monoisotopic (exact) mass is 211 g/mol. The quantitative estimate of drug-likeness (QED) is 0.750. The van der Waals surface area contributed by atoms with Gasteiger partial charge in [0.1, 0.15) is 0 Å². The maximum absolute atomic E-state index is 6.14. The van der Waals surface area contributed by atoms with Crippen molar-refractivity contribution in [2.75, 3.05) is 32.7 Å². The summed E-state index contributed by atoms with van der Waals surface area (Å²) in [5, 5.41) is 0. The summed E-state index contributed by atoms with van der Waals surface area (Å²) in [4.78, 5) is 5.15. The largest absolute Gasteiger partial charge is 0.324 e. The molecule has 0 aromatic heterocycles. The summed E-state index contributed by atoms with van der Waals surface area (Å²) in [5.74, 6) is 0. The summed E-state index contributed by atoms with van der Waals surface area (Å²) in [6.45, 7) is 10.6. The molecule has 15 heavy (non-hydrogen) atoms. The summed E-state index contributed by atoms with van der Waals surface area (Å²) in [6, 6.07) is 0.750. The third kappa shape index (κ3) is 2.92. The molecule has 1 atom stereocenters. The molecule has 1 saturated carbocycles. The molecule has 88 valence electrons. The van der Waals surface area contributed by atoms with E-state index < -0.39 is 0 Å². The number of hydrogen-bond acceptors (Lipinski definition) is 3. The molecule has 1 aliphatic carbocycles. The average molecular weight is 211 g/mol. The fourth-order valence-corrected chi connectivity index (χ4v) is 2.38. The van der Waals surface area contributed by atoms with Crippen LogP contribution in [0.3, 0.4) is 0 Å². The second kappa shape index (κ2) is 4.40. The van der Waals surface area contributed by atoms with E-state index in [0.29, 0.717) is 0 Å². The number of rotatable bonds is 4. The molecule has 2 fully saturated rings. The van der Waals surface area contributed by atoms with Gasteiger partial charge in [-0.3, -0.25) is 9.80 Å². The van der Waals surface area contributed by atoms with Gasteiger partial charge in [0.2, 0.25) is 0 Å². The molecule has 1 aliphatic heterocycles. The molecule has 2 N–H and O–H groups in total. The number of piperazine rings is 1. The molecule has 0 bridgehead atoms. The fourth-order valence-electron chi connectivity index (χ4n) is 2.38. The molecule has 3 heteroatoms. The first-order chi connectivity index (χ1) is 7.13. The Morgan fingerprint density at radius 3 is 2.27 bits per heavy atom. The van der Waals surface area contributed by atoms with E-state index in [1.807, 2.05) is 0 Å². The Morgan fingerprint density at radius 2 is 1.80 bits per heavy atom. The van der Waals surface area contributed by atoms with E-state index in [1.54, 1.807) is 0 Å². The van der Waals surface area contributed by atoms with Gasteiger partial charge in [0.25, 0.3) is 0 Å². The van der Waals surface area contributed by atoms with Gasteiger partial charge in [-0.25, -0.2) is 0 Å². The molecule has 1 heterocycles. The summed E-state index contributed by atoms with van der Waals surface area (Å²) in [6.07, 6.45) is 3.73. The van der Waals surface area contributed by atoms with Crippen LogP contribution in [0.2, 0.25) is 0 Å². The number of nitrogens with two attached hydrogens (primary N) is 1. The van der Waals surface area contributed by atoms with Crippen LogP contribution in [-0.2, 0) is 0 Å². The highest BCUT2D eigenvalue weighted by molar-refractivity contribution is 5.01. The van der Waals surface area contributed by atoms with Crippen LogP contribution in [0.25, 0.3) is 0 Å². The van der Waals surface area contributed by atoms with Crippen LogP contribution in [0, 0.1) is 0 Å². The molecule has 0 aromatic carbocycles. The molecule has 0 spiro atoms. The van der Waals surface area contributed by atoms with Crippen LogP contribution < -0.4 is 5.73 Å². The Balaban J connectivity index is 1.72. The molecule has 1 unspecified atom stereocenters. The van der Waals surface area contributed by atoms with Crippen molar-refractivity contribution in [3.8, 4) is 0 Å². The highest BCUT2D eigenvalue weighted by Gasteiger charge is 2.40. The molecule has 3 nitrogen and oxygen atoms in total. The Hall–Kier alpha value is -0.120. The van der Waals surface area contributed by atoms with Crippen LogP contribution in [0.15, 0.2) is 0 Å². The van der Waals surface area contributed by atoms with Gasteiger partial charge in [-0.1, -0.05) is 6.92 Å². The van der Waals surface area contributed by atoms with E-state index in [4.69, 9.17) is 5.73 Å². The van der Waals surface area contributed by atoms with Crippen LogP contribution >= 0.6 is 0 Å². The predicted molar refractivity (Wildman–Crippen MR) is 63.9 cm³/mol. The van der Waals surface area contributed by atoms with Crippen molar-refractivity contribution < 1.29 is 0 Å². The van der Waals surface area contributed by atoms with Gasteiger partial charge < -0.3 is 5.73 Å². The van der Waals surface area contributed by atoms with Crippen molar-refractivity contribution in [1.82, 2.24) is 9.80 Å². The fraction of sp³-hybridized carbons (Fsp3) is 1.00. The SMILES string of the molecule is CCC(C)N1CCN(CC2(N)CC2)CC1. The van der Waals surface area contributed by atoms with Gasteiger partial charge in [-0.2, -0.15) is 0 Å². The Bertz CT molecular complexity index is 205. The van der Waals surface area contributed by atoms with Gasteiger partial charge >= 0.3 is 0 Å². The van der Waals surface area contributed by atoms with Crippen LogP contribution in [0.1, 0.15) is 33.1 Å². The molecular weight excluding hydrogens is 186 g/mol. The molecule has 0 radical (unpaired) electrons. The van der Waals surface area contributed by atoms with E-state index in [1.165, 1.54) is 45.4 Å². The molecule has 0 amide bonds. The number of hydrogen-bond donors (Lipinski definition) is 1. The van der Waals surface area contributed by atoms with Crippen molar-refractivity contribution in [3.63, 3.8) is 0 Å². The van der Waals surface area contributed by atoms with Crippen molar-refractivity contribution >= 4 is 0 Å². The molecule has 2 aliphatic rings. The van der Waals surface area contributed by atoms with Crippen LogP contribution in [-0.4, -0.2) is 54.1 Å². The van der Waals surface area contributed by atoms with Crippen LogP contribution in [0.4, 0.5) is 0 Å². The Kier molecular flexibility index (Phi) is 3.33. The number of nitrogens with zero attached hydrogens (tertiary/aromatic N) is 2. The first-order valence-electron chi connectivity index (χ1n) is 6.38. The third-order valence-corrected chi connectivity index (χ3v) is 4.05. The lowest BCUT2D eigenvalue weighted by molar-refractivity contribution is 0.0950. The van der Waals surface area contributed by atoms with Gasteiger partial charge in [-0.05, 0) is 26.2 Å². The van der Waals surface area contributed by atoms with E-state index >= 15 is 0 Å². The minimum Gasteiger partial charge on any atom is -0.324 e. The first-order valence-corrected chi connectivity index (χ1v) is 6.38. The lowest BCUT2D eigenvalue weighted by Crippen LogP contribution is -2.52. The van der Waals surface area contributed by atoms with Gasteiger partial charge in [0, 0.05) is 44.3 Å². The van der Waals surface area contributed by atoms with Crippen molar-refractivity contribution in [1.29, 1.82) is 0 Å². The molecule has 2 rings (SSSR count). The lowest BCUT2D eigenvalue weighted by atomic mass is 10.1. The van der Waals surface area contributed by atoms with Gasteiger partial charge in [0.05, 0.1) is 0 Å². The zero-order chi connectivity index (χ0) is 10.9. The smallest absolute Gasteiger partial charge is 0.0284 e. The van der Waals surface area contributed by atoms with Crippen LogP contribution in [0.5, 0.6) is 0 Å². The minimum absolute atomic E-state index is 0.193. The summed E-state index contributed by atoms with van der Waals surface area (Å²) in [7, 11) is 0. The minimum atomic E-state index is 0.193. The molecule has 1 saturated heterocycles. The van der Waals surface area contributed by atoms with Crippen molar-refractivity contribution in [3.05, 3.63) is 0 Å². The molecule has 0 aromatic rings. The summed E-state index contributed by atoms with van der Waals surface area (Å²) >= 11 is 0. The maximum atomic E-state index is 6.14. The van der Waals surface area contributed by atoms with E-state index in [2.05, 4.69) is 23.6 Å². The van der Waals surface area contributed by atoms with Crippen molar-refractivity contribution in [2.24, 2.45) is 5.73 Å². The van der Waals surface area contributed by atoms with Crippen molar-refractivity contribution in [2.45, 2.75) is 44.7 Å². The third-order valence-electron chi connectivity index (χ3n) is 4.05. The highest BCUT2D eigenvalue weighted by Crippen LogP contribution is 2.33. The maximum Gasteiger partial charge on any atom is 0.0284 e. The summed E-state index contributed by atoms with van der Waals surface area (Å²) < 4.78 is 0. The van der Waals surface area contributed by atoms with Gasteiger partial charge in [0.15, 0.2) is 0 Å². The second-order valence-electron chi connectivity index (χ2n) is 5.43. The van der Waals surface area contributed by atoms with E-state index in [-0.39, 0.29) is 5.54 Å². The first kappa shape index (κ1) is 11.4. The highest BCUT2D eigenvalue weighted by atomic mass is 15.3. The zero-order valence-corrected chi connectivity index (χ0v) is 10.2. The Morgan fingerprint density at radius 1 is 1.20 bits per heavy atom. The lowest BCUT2D eigenvalue weighted by Gasteiger charge is -2.38. The van der Waals surface area contributed by atoms with E-state index in [0.717, 1.165) is 12.6 Å². The zero-order valence-electron chi connectivity index (χ0n) is 10.2. The molecular formula is C12H25N3. The van der Waals surface area contributed by atoms with E-state index in [9.17, 15) is 0 Å². The average Bonchev–Trinajstić information content (AvgIpc) is 2.96. The second-order valence-corrected chi connectivity index (χ2v) is 5.43. The topological polar surface area (TPSA) is 32.5 Å². The predicted octanol–water partition coefficient (Wildman–Crippen LogP) is 0.894.